The molecule has 4 heteroatoms. The second-order valence-electron chi connectivity index (χ2n) is 4.20. The van der Waals surface area contributed by atoms with E-state index in [0.717, 1.165) is 32.4 Å². The fraction of sp³-hybridized carbons (Fsp3) is 0.917. The molecule has 0 bridgehead atoms. The maximum atomic E-state index is 11.6. The zero-order valence-electron chi connectivity index (χ0n) is 11.1. The number of hydrogen-bond donors (Lipinski definition) is 2. The van der Waals surface area contributed by atoms with Crippen molar-refractivity contribution in [2.24, 2.45) is 11.8 Å². The van der Waals surface area contributed by atoms with Gasteiger partial charge in [0.05, 0.1) is 6.04 Å². The summed E-state index contributed by atoms with van der Waals surface area (Å²) in [6.45, 7) is 10.4. The van der Waals surface area contributed by atoms with Crippen LogP contribution in [0.25, 0.3) is 0 Å². The van der Waals surface area contributed by atoms with Crippen LogP contribution >= 0.6 is 0 Å². The van der Waals surface area contributed by atoms with Crippen LogP contribution in [0.2, 0.25) is 0 Å². The van der Waals surface area contributed by atoms with E-state index in [4.69, 9.17) is 5.84 Å². The summed E-state index contributed by atoms with van der Waals surface area (Å²) in [5.41, 5.74) is 2.26. The van der Waals surface area contributed by atoms with Gasteiger partial charge < -0.3 is 0 Å². The molecule has 0 saturated heterocycles. The molecule has 16 heavy (non-hydrogen) atoms. The van der Waals surface area contributed by atoms with Crippen LogP contribution in [-0.2, 0) is 4.79 Å². The maximum absolute atomic E-state index is 11.6. The second-order valence-corrected chi connectivity index (χ2v) is 4.20. The molecule has 0 aliphatic rings. The second kappa shape index (κ2) is 8.53. The first-order chi connectivity index (χ1) is 7.64. The van der Waals surface area contributed by atoms with Gasteiger partial charge in [-0.05, 0) is 18.9 Å². The first-order valence-corrected chi connectivity index (χ1v) is 6.38. The monoisotopic (exact) mass is 229 g/mol. The number of nitrogens with one attached hydrogen (secondary N) is 1. The van der Waals surface area contributed by atoms with Crippen molar-refractivity contribution in [3.8, 4) is 0 Å². The van der Waals surface area contributed by atoms with Gasteiger partial charge in [-0.25, -0.2) is 5.84 Å². The van der Waals surface area contributed by atoms with Crippen LogP contribution in [-0.4, -0.2) is 29.9 Å². The highest BCUT2D eigenvalue weighted by Gasteiger charge is 2.23. The van der Waals surface area contributed by atoms with E-state index >= 15 is 0 Å². The summed E-state index contributed by atoms with van der Waals surface area (Å²) < 4.78 is 0. The molecular weight excluding hydrogens is 202 g/mol. The Kier molecular flexibility index (Phi) is 8.21. The molecule has 1 atom stereocenters. The van der Waals surface area contributed by atoms with E-state index in [1.54, 1.807) is 0 Å². The molecule has 0 aromatic carbocycles. The standard InChI is InChI=1S/C12H27N3O/c1-5-10(6-2)9-15(8-4)11(7-3)12(16)14-13/h10-11H,5-9,13H2,1-4H3,(H,14,16). The van der Waals surface area contributed by atoms with Crippen LogP contribution in [0.4, 0.5) is 0 Å². The predicted molar refractivity (Wildman–Crippen MR) is 67.7 cm³/mol. The third-order valence-corrected chi connectivity index (χ3v) is 3.33. The van der Waals surface area contributed by atoms with Gasteiger partial charge in [-0.2, -0.15) is 0 Å². The quantitative estimate of drug-likeness (QED) is 0.377. The first-order valence-electron chi connectivity index (χ1n) is 6.38. The van der Waals surface area contributed by atoms with Gasteiger partial charge in [0.2, 0.25) is 0 Å². The number of hydrogen-bond acceptors (Lipinski definition) is 3. The highest BCUT2D eigenvalue weighted by molar-refractivity contribution is 5.81. The zero-order chi connectivity index (χ0) is 12.6. The Hall–Kier alpha value is -0.610. The van der Waals surface area contributed by atoms with Gasteiger partial charge in [0, 0.05) is 6.54 Å². The lowest BCUT2D eigenvalue weighted by Gasteiger charge is -2.31. The Morgan fingerprint density at radius 1 is 1.19 bits per heavy atom. The smallest absolute Gasteiger partial charge is 0.251 e. The summed E-state index contributed by atoms with van der Waals surface area (Å²) in [6, 6.07) is -0.0874. The van der Waals surface area contributed by atoms with Gasteiger partial charge in [-0.3, -0.25) is 15.1 Å². The molecule has 0 spiro atoms. The van der Waals surface area contributed by atoms with Crippen LogP contribution in [0.3, 0.4) is 0 Å². The summed E-state index contributed by atoms with van der Waals surface area (Å²) in [4.78, 5) is 13.8. The van der Waals surface area contributed by atoms with Crippen LogP contribution in [0.5, 0.6) is 0 Å². The zero-order valence-corrected chi connectivity index (χ0v) is 11.1. The minimum Gasteiger partial charge on any atom is -0.293 e. The molecule has 1 amide bonds. The average molecular weight is 229 g/mol. The molecule has 0 fully saturated rings. The molecule has 96 valence electrons. The molecule has 1 unspecified atom stereocenters. The van der Waals surface area contributed by atoms with Crippen molar-refractivity contribution in [1.29, 1.82) is 0 Å². The Labute approximate surface area is 99.5 Å². The SMILES string of the molecule is CCC(CC)CN(CC)C(CC)C(=O)NN. The molecule has 0 radical (unpaired) electrons. The molecule has 3 N–H and O–H groups in total. The molecule has 0 saturated carbocycles. The van der Waals surface area contributed by atoms with E-state index in [0.29, 0.717) is 5.92 Å². The lowest BCUT2D eigenvalue weighted by atomic mass is 10.0. The molecule has 0 heterocycles. The summed E-state index contributed by atoms with van der Waals surface area (Å²) in [5.74, 6) is 5.80. The Bertz CT molecular complexity index is 193. The van der Waals surface area contributed by atoms with Crippen molar-refractivity contribution >= 4 is 5.91 Å². The molecule has 0 aliphatic heterocycles. The van der Waals surface area contributed by atoms with E-state index < -0.39 is 0 Å². The van der Waals surface area contributed by atoms with Crippen molar-refractivity contribution in [2.45, 2.75) is 53.0 Å². The normalized spacial score (nSPS) is 13.2. The lowest BCUT2D eigenvalue weighted by Crippen LogP contribution is -2.50. The molecule has 0 aromatic heterocycles. The van der Waals surface area contributed by atoms with Crippen LogP contribution in [0.15, 0.2) is 0 Å². The maximum Gasteiger partial charge on any atom is 0.251 e. The lowest BCUT2D eigenvalue weighted by molar-refractivity contribution is -0.126. The minimum absolute atomic E-state index is 0.0738. The van der Waals surface area contributed by atoms with Gasteiger partial charge in [0.1, 0.15) is 0 Å². The van der Waals surface area contributed by atoms with Crippen molar-refractivity contribution in [3.63, 3.8) is 0 Å². The number of likely N-dealkylation sites (N-methyl/N-ethyl adjacent to an activating group) is 1. The minimum atomic E-state index is -0.0874. The summed E-state index contributed by atoms with van der Waals surface area (Å²) >= 11 is 0. The topological polar surface area (TPSA) is 58.4 Å². The molecular formula is C12H27N3O. The van der Waals surface area contributed by atoms with Crippen molar-refractivity contribution in [1.82, 2.24) is 10.3 Å². The highest BCUT2D eigenvalue weighted by Crippen LogP contribution is 2.13. The average Bonchev–Trinajstić information content (AvgIpc) is 2.33. The van der Waals surface area contributed by atoms with E-state index in [-0.39, 0.29) is 11.9 Å². The summed E-state index contributed by atoms with van der Waals surface area (Å²) in [7, 11) is 0. The van der Waals surface area contributed by atoms with Crippen LogP contribution < -0.4 is 11.3 Å². The van der Waals surface area contributed by atoms with Gasteiger partial charge >= 0.3 is 0 Å². The van der Waals surface area contributed by atoms with E-state index in [1.165, 1.54) is 0 Å². The Balaban J connectivity index is 4.48. The van der Waals surface area contributed by atoms with E-state index in [2.05, 4.69) is 31.1 Å². The number of hydrazine groups is 1. The molecule has 0 aromatic rings. The summed E-state index contributed by atoms with van der Waals surface area (Å²) in [5, 5.41) is 0. The predicted octanol–water partition coefficient (Wildman–Crippen LogP) is 1.51. The van der Waals surface area contributed by atoms with Crippen molar-refractivity contribution < 1.29 is 4.79 Å². The number of nitrogens with two attached hydrogens (primary N) is 1. The summed E-state index contributed by atoms with van der Waals surface area (Å²) in [6.07, 6.45) is 3.12. The largest absolute Gasteiger partial charge is 0.293 e. The van der Waals surface area contributed by atoms with E-state index in [1.807, 2.05) is 6.92 Å². The fourth-order valence-electron chi connectivity index (χ4n) is 2.06. The molecule has 0 aliphatic carbocycles. The number of nitrogens with zero attached hydrogens (tertiary/aromatic N) is 1. The first kappa shape index (κ1) is 15.4. The number of carbonyl (C=O) groups is 1. The Morgan fingerprint density at radius 2 is 1.75 bits per heavy atom. The van der Waals surface area contributed by atoms with Crippen molar-refractivity contribution in [2.75, 3.05) is 13.1 Å². The molecule has 0 rings (SSSR count). The van der Waals surface area contributed by atoms with Crippen LogP contribution in [0, 0.1) is 5.92 Å². The molecule has 4 nitrogen and oxygen atoms in total. The van der Waals surface area contributed by atoms with Gasteiger partial charge in [-0.15, -0.1) is 0 Å². The third kappa shape index (κ3) is 4.49. The van der Waals surface area contributed by atoms with Gasteiger partial charge in [0.25, 0.3) is 5.91 Å². The van der Waals surface area contributed by atoms with Gasteiger partial charge in [0.15, 0.2) is 0 Å². The Morgan fingerprint density at radius 3 is 2.06 bits per heavy atom. The fourth-order valence-corrected chi connectivity index (χ4v) is 2.06. The van der Waals surface area contributed by atoms with Gasteiger partial charge in [-0.1, -0.05) is 40.5 Å². The number of amides is 1. The third-order valence-electron chi connectivity index (χ3n) is 3.33. The van der Waals surface area contributed by atoms with Crippen LogP contribution in [0.1, 0.15) is 47.0 Å². The van der Waals surface area contributed by atoms with Crippen molar-refractivity contribution in [3.05, 3.63) is 0 Å². The number of carbonyl (C=O) groups excluding carboxylic acids is 1. The van der Waals surface area contributed by atoms with E-state index in [9.17, 15) is 4.79 Å². The number of rotatable bonds is 8. The highest BCUT2D eigenvalue weighted by atomic mass is 16.2.